The van der Waals surface area contributed by atoms with Crippen LogP contribution in [0, 0.1) is 5.82 Å². The quantitative estimate of drug-likeness (QED) is 0.751. The molecule has 0 aliphatic carbocycles. The van der Waals surface area contributed by atoms with Crippen LogP contribution in [0.2, 0.25) is 0 Å². The lowest BCUT2D eigenvalue weighted by Crippen LogP contribution is -2.35. The molecule has 17 heavy (non-hydrogen) atoms. The van der Waals surface area contributed by atoms with Crippen molar-refractivity contribution in [1.29, 1.82) is 0 Å². The van der Waals surface area contributed by atoms with Crippen molar-refractivity contribution in [3.8, 4) is 0 Å². The number of pyridine rings is 1. The molecule has 1 aromatic heterocycles. The largest absolute Gasteiger partial charge is 0.293 e. The number of nitrogens with zero attached hydrogens (tertiary/aromatic N) is 1. The number of rotatable bonds is 2. The Bertz CT molecular complexity index is 541. The number of ketones is 1. The van der Waals surface area contributed by atoms with E-state index in [2.05, 4.69) is 4.98 Å². The minimum atomic E-state index is -3.42. The number of hydrogen-bond acceptors (Lipinski definition) is 4. The zero-order valence-electron chi connectivity index (χ0n) is 9.10. The Morgan fingerprint density at radius 1 is 1.41 bits per heavy atom. The second-order valence-electron chi connectivity index (χ2n) is 4.07. The molecule has 1 unspecified atom stereocenters. The van der Waals surface area contributed by atoms with Crippen LogP contribution in [0.3, 0.4) is 0 Å². The van der Waals surface area contributed by atoms with Gasteiger partial charge in [0.2, 0.25) is 0 Å². The first-order valence-corrected chi connectivity index (χ1v) is 7.09. The summed E-state index contributed by atoms with van der Waals surface area (Å²) in [6, 6.07) is 1.22. The summed E-state index contributed by atoms with van der Waals surface area (Å²) in [7, 11) is -3.42. The molecule has 1 aliphatic rings. The van der Waals surface area contributed by atoms with Crippen molar-refractivity contribution in [3.05, 3.63) is 29.8 Å². The monoisotopic (exact) mass is 257 g/mol. The number of carbonyl (C=O) groups is 1. The average molecular weight is 257 g/mol. The van der Waals surface area contributed by atoms with Crippen molar-refractivity contribution in [3.63, 3.8) is 0 Å². The second-order valence-corrected chi connectivity index (χ2v) is 6.37. The first-order valence-electron chi connectivity index (χ1n) is 5.37. The van der Waals surface area contributed by atoms with E-state index in [1.807, 2.05) is 0 Å². The second kappa shape index (κ2) is 4.52. The van der Waals surface area contributed by atoms with E-state index in [1.165, 1.54) is 12.3 Å². The molecule has 1 aliphatic heterocycles. The van der Waals surface area contributed by atoms with Gasteiger partial charge in [-0.1, -0.05) is 6.42 Å². The third kappa shape index (κ3) is 2.36. The fourth-order valence-electron chi connectivity index (χ4n) is 2.00. The molecule has 0 bridgehead atoms. The summed E-state index contributed by atoms with van der Waals surface area (Å²) in [5, 5.41) is -1.09. The predicted octanol–water partition coefficient (Wildman–Crippen LogP) is 1.37. The number of hydrogen-bond donors (Lipinski definition) is 0. The van der Waals surface area contributed by atoms with Gasteiger partial charge in [0, 0.05) is 6.20 Å². The molecule has 6 heteroatoms. The van der Waals surface area contributed by atoms with Gasteiger partial charge in [0.05, 0.1) is 17.5 Å². The minimum absolute atomic E-state index is 0.0100. The van der Waals surface area contributed by atoms with Gasteiger partial charge >= 0.3 is 0 Å². The molecule has 92 valence electrons. The van der Waals surface area contributed by atoms with Gasteiger partial charge in [0.25, 0.3) is 0 Å². The van der Waals surface area contributed by atoms with Gasteiger partial charge in [-0.15, -0.1) is 0 Å². The highest BCUT2D eigenvalue weighted by atomic mass is 32.2. The van der Waals surface area contributed by atoms with Gasteiger partial charge in [0.15, 0.2) is 21.4 Å². The summed E-state index contributed by atoms with van der Waals surface area (Å²) in [6.07, 6.45) is 3.74. The van der Waals surface area contributed by atoms with Gasteiger partial charge < -0.3 is 0 Å². The van der Waals surface area contributed by atoms with E-state index >= 15 is 0 Å². The fourth-order valence-corrected chi connectivity index (χ4v) is 3.87. The van der Waals surface area contributed by atoms with Crippen LogP contribution in [-0.2, 0) is 9.84 Å². The standard InChI is InChI=1S/C11H12FNO3S/c12-9-7-13-5-4-8(9)11(14)10-3-1-2-6-17(10,15)16/h4-5,7,10H,1-3,6H2. The molecule has 0 aromatic carbocycles. The lowest BCUT2D eigenvalue weighted by molar-refractivity contribution is 0.0977. The molecular formula is C11H12FNO3S. The first-order chi connectivity index (χ1) is 8.02. The third-order valence-corrected chi connectivity index (χ3v) is 5.08. The van der Waals surface area contributed by atoms with Crippen molar-refractivity contribution in [1.82, 2.24) is 4.98 Å². The highest BCUT2D eigenvalue weighted by molar-refractivity contribution is 7.92. The molecule has 1 atom stereocenters. The molecule has 0 amide bonds. The molecular weight excluding hydrogens is 245 g/mol. The Labute approximate surface area is 98.8 Å². The number of halogens is 1. The Hall–Kier alpha value is -1.30. The molecule has 2 rings (SSSR count). The van der Waals surface area contributed by atoms with Crippen LogP contribution in [0.1, 0.15) is 29.6 Å². The SMILES string of the molecule is O=C(c1ccncc1F)C1CCCCS1(=O)=O. The Kier molecular flexibility index (Phi) is 3.24. The van der Waals surface area contributed by atoms with Crippen LogP contribution in [0.15, 0.2) is 18.5 Å². The summed E-state index contributed by atoms with van der Waals surface area (Å²) < 4.78 is 36.9. The zero-order valence-corrected chi connectivity index (χ0v) is 9.91. The Morgan fingerprint density at radius 3 is 2.82 bits per heavy atom. The van der Waals surface area contributed by atoms with Gasteiger partial charge in [-0.25, -0.2) is 12.8 Å². The van der Waals surface area contributed by atoms with E-state index in [1.54, 1.807) is 0 Å². The van der Waals surface area contributed by atoms with Crippen LogP contribution in [-0.4, -0.2) is 30.2 Å². The molecule has 0 N–H and O–H groups in total. The molecule has 1 saturated heterocycles. The van der Waals surface area contributed by atoms with Gasteiger partial charge in [-0.3, -0.25) is 9.78 Å². The van der Waals surface area contributed by atoms with Gasteiger partial charge in [-0.05, 0) is 18.9 Å². The van der Waals surface area contributed by atoms with Crippen molar-refractivity contribution in [2.45, 2.75) is 24.5 Å². The number of sulfone groups is 1. The third-order valence-electron chi connectivity index (χ3n) is 2.91. The van der Waals surface area contributed by atoms with Crippen LogP contribution >= 0.6 is 0 Å². The highest BCUT2D eigenvalue weighted by Crippen LogP contribution is 2.23. The maximum atomic E-state index is 13.4. The van der Waals surface area contributed by atoms with E-state index in [0.29, 0.717) is 12.8 Å². The van der Waals surface area contributed by atoms with E-state index in [0.717, 1.165) is 6.20 Å². The lowest BCUT2D eigenvalue weighted by atomic mass is 10.0. The molecule has 4 nitrogen and oxygen atoms in total. The van der Waals surface area contributed by atoms with Gasteiger partial charge in [0.1, 0.15) is 5.25 Å². The predicted molar refractivity (Wildman–Crippen MR) is 60.0 cm³/mol. The summed E-state index contributed by atoms with van der Waals surface area (Å²) in [6.45, 7) is 0. The summed E-state index contributed by atoms with van der Waals surface area (Å²) in [4.78, 5) is 15.5. The zero-order chi connectivity index (χ0) is 12.5. The molecule has 0 saturated carbocycles. The molecule has 0 spiro atoms. The summed E-state index contributed by atoms with van der Waals surface area (Å²) in [5.41, 5.74) is -0.185. The summed E-state index contributed by atoms with van der Waals surface area (Å²) >= 11 is 0. The van der Waals surface area contributed by atoms with E-state index in [-0.39, 0.29) is 17.7 Å². The highest BCUT2D eigenvalue weighted by Gasteiger charge is 2.36. The molecule has 2 heterocycles. The minimum Gasteiger partial charge on any atom is -0.293 e. The van der Waals surface area contributed by atoms with Crippen molar-refractivity contribution >= 4 is 15.6 Å². The molecule has 0 radical (unpaired) electrons. The van der Waals surface area contributed by atoms with Crippen molar-refractivity contribution in [2.75, 3.05) is 5.75 Å². The number of Topliss-reactive ketones (excluding diaryl/α,β-unsaturated/α-hetero) is 1. The number of aromatic nitrogens is 1. The van der Waals surface area contributed by atoms with Crippen LogP contribution < -0.4 is 0 Å². The fraction of sp³-hybridized carbons (Fsp3) is 0.455. The topological polar surface area (TPSA) is 64.1 Å². The van der Waals surface area contributed by atoms with E-state index in [9.17, 15) is 17.6 Å². The maximum Gasteiger partial charge on any atom is 0.184 e. The Balaban J connectivity index is 2.35. The van der Waals surface area contributed by atoms with Crippen LogP contribution in [0.25, 0.3) is 0 Å². The van der Waals surface area contributed by atoms with E-state index in [4.69, 9.17) is 0 Å². The first kappa shape index (κ1) is 12.2. The van der Waals surface area contributed by atoms with E-state index < -0.39 is 26.7 Å². The van der Waals surface area contributed by atoms with Crippen LogP contribution in [0.4, 0.5) is 4.39 Å². The van der Waals surface area contributed by atoms with Crippen molar-refractivity contribution < 1.29 is 17.6 Å². The Morgan fingerprint density at radius 2 is 2.18 bits per heavy atom. The van der Waals surface area contributed by atoms with Crippen LogP contribution in [0.5, 0.6) is 0 Å². The van der Waals surface area contributed by atoms with Gasteiger partial charge in [-0.2, -0.15) is 0 Å². The summed E-state index contributed by atoms with van der Waals surface area (Å²) in [5.74, 6) is -1.40. The normalized spacial score (nSPS) is 23.2. The smallest absolute Gasteiger partial charge is 0.184 e. The number of carbonyl (C=O) groups excluding carboxylic acids is 1. The molecule has 1 fully saturated rings. The maximum absolute atomic E-state index is 13.4. The lowest BCUT2D eigenvalue weighted by Gasteiger charge is -2.21. The average Bonchev–Trinajstić information content (AvgIpc) is 2.28. The molecule has 1 aromatic rings. The van der Waals surface area contributed by atoms with Crippen molar-refractivity contribution in [2.24, 2.45) is 0 Å².